The smallest absolute Gasteiger partial charge is 0.184 e. The Kier molecular flexibility index (Phi) is 3.49. The fourth-order valence-corrected chi connectivity index (χ4v) is 3.16. The molecule has 0 radical (unpaired) electrons. The number of sulfone groups is 1. The zero-order valence-corrected chi connectivity index (χ0v) is 10.8. The highest BCUT2D eigenvalue weighted by Crippen LogP contribution is 2.21. The van der Waals surface area contributed by atoms with E-state index >= 15 is 0 Å². The Balaban J connectivity index is 2.37. The van der Waals surface area contributed by atoms with Crippen LogP contribution in [-0.2, 0) is 15.6 Å². The number of pyridine rings is 1. The van der Waals surface area contributed by atoms with Crippen molar-refractivity contribution in [2.24, 2.45) is 0 Å². The Hall–Kier alpha value is -2.39. The molecule has 1 aromatic heterocycles. The number of aromatic nitrogens is 1. The van der Waals surface area contributed by atoms with E-state index in [1.165, 1.54) is 18.5 Å². The van der Waals surface area contributed by atoms with Crippen LogP contribution in [0.4, 0.5) is 5.69 Å². The van der Waals surface area contributed by atoms with Crippen molar-refractivity contribution in [3.05, 3.63) is 53.9 Å². The Bertz CT molecular complexity index is 748. The Labute approximate surface area is 111 Å². The normalized spacial score (nSPS) is 10.9. The summed E-state index contributed by atoms with van der Waals surface area (Å²) in [5.74, 6) is -0.198. The van der Waals surface area contributed by atoms with Crippen LogP contribution in [0.5, 0.6) is 0 Å². The molecule has 96 valence electrons. The maximum Gasteiger partial charge on any atom is 0.184 e. The van der Waals surface area contributed by atoms with Gasteiger partial charge in [0.25, 0.3) is 0 Å². The van der Waals surface area contributed by atoms with E-state index in [-0.39, 0.29) is 16.3 Å². The Morgan fingerprint density at radius 2 is 2.11 bits per heavy atom. The highest BCUT2D eigenvalue weighted by Gasteiger charge is 2.18. The maximum atomic E-state index is 12.2. The molecule has 1 heterocycles. The fraction of sp³-hybridized carbons (Fsp3) is 0.0769. The largest absolute Gasteiger partial charge is 0.396 e. The summed E-state index contributed by atoms with van der Waals surface area (Å²) in [6.07, 6.45) is 2.69. The summed E-state index contributed by atoms with van der Waals surface area (Å²) in [7, 11) is -3.54. The lowest BCUT2D eigenvalue weighted by atomic mass is 10.2. The number of anilines is 1. The maximum absolute atomic E-state index is 12.2. The van der Waals surface area contributed by atoms with Crippen molar-refractivity contribution in [1.29, 1.82) is 5.26 Å². The molecular weight excluding hydrogens is 262 g/mol. The van der Waals surface area contributed by atoms with Gasteiger partial charge in [0.2, 0.25) is 0 Å². The van der Waals surface area contributed by atoms with Gasteiger partial charge in [0.15, 0.2) is 9.84 Å². The van der Waals surface area contributed by atoms with Gasteiger partial charge in [-0.05, 0) is 23.8 Å². The first kappa shape index (κ1) is 13.1. The van der Waals surface area contributed by atoms with Crippen LogP contribution in [0.15, 0.2) is 47.6 Å². The molecule has 0 aliphatic rings. The lowest BCUT2D eigenvalue weighted by Gasteiger charge is -2.07. The molecule has 0 aliphatic carbocycles. The summed E-state index contributed by atoms with van der Waals surface area (Å²) in [6.45, 7) is 0. The van der Waals surface area contributed by atoms with Crippen molar-refractivity contribution < 1.29 is 8.42 Å². The first-order valence-corrected chi connectivity index (χ1v) is 7.09. The summed E-state index contributed by atoms with van der Waals surface area (Å²) in [4.78, 5) is 3.82. The number of hydrogen-bond acceptors (Lipinski definition) is 5. The summed E-state index contributed by atoms with van der Waals surface area (Å²) in [5, 5.41) is 8.79. The van der Waals surface area contributed by atoms with Gasteiger partial charge in [-0.2, -0.15) is 5.26 Å². The topological polar surface area (TPSA) is 96.8 Å². The second kappa shape index (κ2) is 5.08. The summed E-state index contributed by atoms with van der Waals surface area (Å²) in [6, 6.07) is 9.84. The molecule has 2 rings (SSSR count). The van der Waals surface area contributed by atoms with E-state index in [4.69, 9.17) is 11.0 Å². The third kappa shape index (κ3) is 2.89. The van der Waals surface area contributed by atoms with E-state index in [2.05, 4.69) is 4.98 Å². The monoisotopic (exact) mass is 273 g/mol. The van der Waals surface area contributed by atoms with Crippen molar-refractivity contribution >= 4 is 15.5 Å². The van der Waals surface area contributed by atoms with Crippen molar-refractivity contribution in [1.82, 2.24) is 4.98 Å². The van der Waals surface area contributed by atoms with E-state index in [0.29, 0.717) is 11.1 Å². The molecule has 0 saturated heterocycles. The van der Waals surface area contributed by atoms with E-state index in [1.54, 1.807) is 24.3 Å². The lowest BCUT2D eigenvalue weighted by molar-refractivity contribution is 0.595. The van der Waals surface area contributed by atoms with Crippen molar-refractivity contribution in [3.8, 4) is 6.07 Å². The van der Waals surface area contributed by atoms with Crippen LogP contribution in [0, 0.1) is 11.3 Å². The Morgan fingerprint density at radius 3 is 2.79 bits per heavy atom. The second-order valence-electron chi connectivity index (χ2n) is 3.98. The van der Waals surface area contributed by atoms with Crippen LogP contribution in [0.3, 0.4) is 0 Å². The molecule has 1 aromatic carbocycles. The number of nitriles is 1. The number of benzene rings is 1. The molecule has 0 fully saturated rings. The van der Waals surface area contributed by atoms with Gasteiger partial charge in [-0.1, -0.05) is 12.1 Å². The number of nitrogens with two attached hydrogens (primary N) is 1. The van der Waals surface area contributed by atoms with Gasteiger partial charge in [-0.3, -0.25) is 4.98 Å². The molecule has 5 nitrogen and oxygen atoms in total. The zero-order valence-electron chi connectivity index (χ0n) is 9.95. The molecule has 2 aromatic rings. The molecule has 0 aliphatic heterocycles. The van der Waals surface area contributed by atoms with E-state index < -0.39 is 9.84 Å². The minimum atomic E-state index is -3.54. The van der Waals surface area contributed by atoms with Gasteiger partial charge in [0.05, 0.1) is 34.2 Å². The third-order valence-electron chi connectivity index (χ3n) is 2.56. The first-order chi connectivity index (χ1) is 9.03. The minimum absolute atomic E-state index is 0.0601. The highest BCUT2D eigenvalue weighted by molar-refractivity contribution is 7.90. The van der Waals surface area contributed by atoms with Crippen LogP contribution in [0.2, 0.25) is 0 Å². The number of nitrogens with zero attached hydrogens (tertiary/aromatic N) is 2. The lowest BCUT2D eigenvalue weighted by Crippen LogP contribution is -2.08. The summed E-state index contributed by atoms with van der Waals surface area (Å²) >= 11 is 0. The molecule has 0 atom stereocenters. The summed E-state index contributed by atoms with van der Waals surface area (Å²) in [5.41, 5.74) is 6.72. The van der Waals surface area contributed by atoms with E-state index in [1.807, 2.05) is 6.07 Å². The van der Waals surface area contributed by atoms with Gasteiger partial charge in [0.1, 0.15) is 0 Å². The quantitative estimate of drug-likeness (QED) is 0.914. The van der Waals surface area contributed by atoms with E-state index in [9.17, 15) is 8.42 Å². The van der Waals surface area contributed by atoms with Crippen molar-refractivity contribution in [3.63, 3.8) is 0 Å². The van der Waals surface area contributed by atoms with Gasteiger partial charge >= 0.3 is 0 Å². The van der Waals surface area contributed by atoms with Crippen LogP contribution in [0.1, 0.15) is 11.1 Å². The molecule has 0 unspecified atom stereocenters. The Morgan fingerprint density at radius 1 is 1.32 bits per heavy atom. The molecule has 19 heavy (non-hydrogen) atoms. The van der Waals surface area contributed by atoms with Gasteiger partial charge < -0.3 is 5.73 Å². The van der Waals surface area contributed by atoms with Crippen LogP contribution >= 0.6 is 0 Å². The van der Waals surface area contributed by atoms with E-state index in [0.717, 1.165) is 0 Å². The van der Waals surface area contributed by atoms with Gasteiger partial charge in [0, 0.05) is 6.20 Å². The zero-order chi connectivity index (χ0) is 13.9. The third-order valence-corrected chi connectivity index (χ3v) is 4.31. The predicted octanol–water partition coefficient (Wildman–Crippen LogP) is 1.51. The fourth-order valence-electron chi connectivity index (χ4n) is 1.70. The van der Waals surface area contributed by atoms with Crippen LogP contribution in [-0.4, -0.2) is 13.4 Å². The van der Waals surface area contributed by atoms with Crippen LogP contribution in [0.25, 0.3) is 0 Å². The molecule has 0 spiro atoms. The molecule has 6 heteroatoms. The van der Waals surface area contributed by atoms with Crippen molar-refractivity contribution in [2.75, 3.05) is 5.73 Å². The first-order valence-electron chi connectivity index (χ1n) is 5.44. The molecule has 0 bridgehead atoms. The van der Waals surface area contributed by atoms with Crippen molar-refractivity contribution in [2.45, 2.75) is 10.6 Å². The molecular formula is C13H11N3O2S. The number of rotatable bonds is 3. The average molecular weight is 273 g/mol. The standard InChI is InChI=1S/C13H11N3O2S/c14-7-10-2-1-3-11(6-10)9-19(17,18)13-4-5-16-8-12(13)15/h1-6,8H,9,15H2. The van der Waals surface area contributed by atoms with Gasteiger partial charge in [-0.15, -0.1) is 0 Å². The number of hydrogen-bond donors (Lipinski definition) is 1. The SMILES string of the molecule is N#Cc1cccc(CS(=O)(=O)c2ccncc2N)c1. The number of nitrogen functional groups attached to an aromatic ring is 1. The predicted molar refractivity (Wildman–Crippen MR) is 70.7 cm³/mol. The van der Waals surface area contributed by atoms with Gasteiger partial charge in [-0.25, -0.2) is 8.42 Å². The molecule has 0 amide bonds. The highest BCUT2D eigenvalue weighted by atomic mass is 32.2. The molecule has 0 saturated carbocycles. The van der Waals surface area contributed by atoms with Crippen LogP contribution < -0.4 is 5.73 Å². The second-order valence-corrected chi connectivity index (χ2v) is 5.94. The molecule has 2 N–H and O–H groups in total. The average Bonchev–Trinajstić information content (AvgIpc) is 2.38. The summed E-state index contributed by atoms with van der Waals surface area (Å²) < 4.78 is 24.5. The minimum Gasteiger partial charge on any atom is -0.396 e.